The number of nitrogens with one attached hydrogen (secondary N) is 2. The number of aliphatic hydroxyl groups is 1. The molecule has 5 nitrogen and oxygen atoms in total. The second-order valence-corrected chi connectivity index (χ2v) is 7.17. The molecule has 2 amide bonds. The Labute approximate surface area is 127 Å². The Balaban J connectivity index is 1.76. The van der Waals surface area contributed by atoms with Gasteiger partial charge in [0, 0.05) is 18.0 Å². The monoisotopic (exact) mass is 298 g/mol. The summed E-state index contributed by atoms with van der Waals surface area (Å²) in [7, 11) is 0. The highest BCUT2D eigenvalue weighted by atomic mass is 16.5. The summed E-state index contributed by atoms with van der Waals surface area (Å²) in [5, 5.41) is 16.1. The molecule has 4 unspecified atom stereocenters. The molecule has 2 fully saturated rings. The molecule has 0 radical (unpaired) electrons. The number of ether oxygens (including phenoxy) is 1. The highest BCUT2D eigenvalue weighted by Gasteiger charge is 2.35. The van der Waals surface area contributed by atoms with E-state index < -0.39 is 0 Å². The van der Waals surface area contributed by atoms with Crippen LogP contribution in [-0.4, -0.2) is 42.0 Å². The van der Waals surface area contributed by atoms with E-state index in [9.17, 15) is 9.90 Å². The van der Waals surface area contributed by atoms with E-state index in [1.165, 1.54) is 0 Å². The summed E-state index contributed by atoms with van der Waals surface area (Å²) in [6.07, 6.45) is 5.82. The lowest BCUT2D eigenvalue weighted by atomic mass is 9.73. The van der Waals surface area contributed by atoms with Crippen LogP contribution >= 0.6 is 0 Å². The number of carbonyl (C=O) groups excluding carboxylic acids is 1. The van der Waals surface area contributed by atoms with E-state index >= 15 is 0 Å². The summed E-state index contributed by atoms with van der Waals surface area (Å²) in [5.74, 6) is 0. The fourth-order valence-electron chi connectivity index (χ4n) is 3.63. The minimum Gasteiger partial charge on any atom is -0.392 e. The zero-order valence-corrected chi connectivity index (χ0v) is 13.5. The van der Waals surface area contributed by atoms with Crippen LogP contribution in [0.3, 0.4) is 0 Å². The fraction of sp³-hybridized carbons (Fsp3) is 0.938. The van der Waals surface area contributed by atoms with Crippen LogP contribution in [-0.2, 0) is 4.74 Å². The van der Waals surface area contributed by atoms with E-state index in [1.807, 2.05) is 13.8 Å². The molecule has 3 N–H and O–H groups in total. The summed E-state index contributed by atoms with van der Waals surface area (Å²) in [5.41, 5.74) is -0.189. The van der Waals surface area contributed by atoms with Crippen molar-refractivity contribution in [2.45, 2.75) is 83.6 Å². The number of hydrogen-bond acceptors (Lipinski definition) is 3. The molecule has 1 saturated carbocycles. The third-order valence-electron chi connectivity index (χ3n) is 4.97. The van der Waals surface area contributed by atoms with Crippen molar-refractivity contribution in [1.29, 1.82) is 0 Å². The fourth-order valence-corrected chi connectivity index (χ4v) is 3.63. The third-order valence-corrected chi connectivity index (χ3v) is 4.97. The maximum Gasteiger partial charge on any atom is 0.315 e. The molecular weight excluding hydrogens is 268 g/mol. The average molecular weight is 298 g/mol. The highest BCUT2D eigenvalue weighted by molar-refractivity contribution is 5.74. The zero-order valence-electron chi connectivity index (χ0n) is 13.5. The number of hydrogen-bond donors (Lipinski definition) is 3. The van der Waals surface area contributed by atoms with Gasteiger partial charge in [-0.05, 0) is 39.5 Å². The van der Waals surface area contributed by atoms with E-state index in [0.717, 1.165) is 38.5 Å². The summed E-state index contributed by atoms with van der Waals surface area (Å²) in [6.45, 7) is 6.69. The predicted molar refractivity (Wildman–Crippen MR) is 82.1 cm³/mol. The van der Waals surface area contributed by atoms with Crippen molar-refractivity contribution in [1.82, 2.24) is 10.6 Å². The lowest BCUT2D eigenvalue weighted by molar-refractivity contribution is -0.0403. The van der Waals surface area contributed by atoms with Crippen LogP contribution in [0.2, 0.25) is 0 Å². The van der Waals surface area contributed by atoms with Crippen LogP contribution in [0.25, 0.3) is 0 Å². The Kier molecular flexibility index (Phi) is 5.49. The van der Waals surface area contributed by atoms with E-state index in [2.05, 4.69) is 17.6 Å². The van der Waals surface area contributed by atoms with Crippen molar-refractivity contribution >= 4 is 6.03 Å². The van der Waals surface area contributed by atoms with Crippen molar-refractivity contribution in [2.75, 3.05) is 6.54 Å². The summed E-state index contributed by atoms with van der Waals surface area (Å²) in [6, 6.07) is 0.0492. The first kappa shape index (κ1) is 16.6. The molecule has 0 aromatic heterocycles. The Bertz CT molecular complexity index is 353. The molecule has 1 saturated heterocycles. The first-order chi connectivity index (χ1) is 9.89. The van der Waals surface area contributed by atoms with Crippen molar-refractivity contribution in [2.24, 2.45) is 5.41 Å². The Morgan fingerprint density at radius 3 is 2.57 bits per heavy atom. The van der Waals surface area contributed by atoms with Crippen LogP contribution < -0.4 is 10.6 Å². The molecule has 5 heteroatoms. The van der Waals surface area contributed by atoms with Gasteiger partial charge in [0.15, 0.2) is 0 Å². The van der Waals surface area contributed by atoms with Crippen LogP contribution in [0.15, 0.2) is 0 Å². The van der Waals surface area contributed by atoms with Gasteiger partial charge in [-0.25, -0.2) is 4.79 Å². The van der Waals surface area contributed by atoms with Crippen molar-refractivity contribution in [3.05, 3.63) is 0 Å². The second-order valence-electron chi connectivity index (χ2n) is 7.17. The molecule has 4 atom stereocenters. The number of amides is 2. The molecule has 1 aliphatic heterocycles. The van der Waals surface area contributed by atoms with Gasteiger partial charge >= 0.3 is 6.03 Å². The van der Waals surface area contributed by atoms with Gasteiger partial charge in [-0.15, -0.1) is 0 Å². The number of aliphatic hydroxyl groups excluding tert-OH is 1. The van der Waals surface area contributed by atoms with Gasteiger partial charge in [-0.2, -0.15) is 0 Å². The largest absolute Gasteiger partial charge is 0.392 e. The van der Waals surface area contributed by atoms with Gasteiger partial charge in [0.05, 0.1) is 18.3 Å². The first-order valence-electron chi connectivity index (χ1n) is 8.27. The molecule has 0 aromatic carbocycles. The van der Waals surface area contributed by atoms with Crippen molar-refractivity contribution < 1.29 is 14.6 Å². The molecule has 0 spiro atoms. The molecule has 122 valence electrons. The molecular formula is C16H30N2O3. The minimum absolute atomic E-state index is 0.125. The van der Waals surface area contributed by atoms with E-state index in [0.29, 0.717) is 6.54 Å². The van der Waals surface area contributed by atoms with Gasteiger partial charge in [0.1, 0.15) is 0 Å². The molecule has 1 aliphatic carbocycles. The standard InChI is InChI=1S/C16H30N2O3/c1-11-8-13(9-12(2)21-11)18-15(20)17-10-16(3)7-5-4-6-14(16)19/h11-14,19H,4-10H2,1-3H3,(H2,17,18,20). The molecule has 2 rings (SSSR count). The van der Waals surface area contributed by atoms with Gasteiger partial charge in [0.2, 0.25) is 0 Å². The summed E-state index contributed by atoms with van der Waals surface area (Å²) in [4.78, 5) is 12.1. The third kappa shape index (κ3) is 4.58. The maximum atomic E-state index is 12.1. The number of carbonyl (C=O) groups is 1. The molecule has 0 aromatic rings. The highest BCUT2D eigenvalue weighted by Crippen LogP contribution is 2.35. The van der Waals surface area contributed by atoms with E-state index in [-0.39, 0.29) is 35.8 Å². The van der Waals surface area contributed by atoms with Crippen molar-refractivity contribution in [3.63, 3.8) is 0 Å². The smallest absolute Gasteiger partial charge is 0.315 e. The number of urea groups is 1. The quantitative estimate of drug-likeness (QED) is 0.748. The molecule has 1 heterocycles. The molecule has 2 aliphatic rings. The molecule has 0 bridgehead atoms. The van der Waals surface area contributed by atoms with Gasteiger partial charge in [0.25, 0.3) is 0 Å². The zero-order chi connectivity index (χ0) is 15.5. The lowest BCUT2D eigenvalue weighted by Crippen LogP contribution is -2.51. The van der Waals surface area contributed by atoms with Crippen LogP contribution in [0, 0.1) is 5.41 Å². The first-order valence-corrected chi connectivity index (χ1v) is 8.27. The Morgan fingerprint density at radius 2 is 1.95 bits per heavy atom. The van der Waals surface area contributed by atoms with Crippen LogP contribution in [0.1, 0.15) is 59.3 Å². The second kappa shape index (κ2) is 6.97. The Morgan fingerprint density at radius 1 is 1.29 bits per heavy atom. The van der Waals surface area contributed by atoms with Crippen LogP contribution in [0.5, 0.6) is 0 Å². The van der Waals surface area contributed by atoms with E-state index in [4.69, 9.17) is 4.74 Å². The number of rotatable bonds is 3. The minimum atomic E-state index is -0.310. The topological polar surface area (TPSA) is 70.6 Å². The van der Waals surface area contributed by atoms with Gasteiger partial charge < -0.3 is 20.5 Å². The lowest BCUT2D eigenvalue weighted by Gasteiger charge is -2.39. The Hall–Kier alpha value is -0.810. The van der Waals surface area contributed by atoms with Gasteiger partial charge in [-0.3, -0.25) is 0 Å². The SMILES string of the molecule is CC1CC(NC(=O)NCC2(C)CCCCC2O)CC(C)O1. The normalized spacial score (nSPS) is 40.6. The van der Waals surface area contributed by atoms with E-state index in [1.54, 1.807) is 0 Å². The van der Waals surface area contributed by atoms with Crippen molar-refractivity contribution in [3.8, 4) is 0 Å². The molecule has 21 heavy (non-hydrogen) atoms. The van der Waals surface area contributed by atoms with Gasteiger partial charge in [-0.1, -0.05) is 19.8 Å². The van der Waals surface area contributed by atoms with Crippen LogP contribution in [0.4, 0.5) is 4.79 Å². The maximum absolute atomic E-state index is 12.1. The predicted octanol–water partition coefficient (Wildman–Crippen LogP) is 2.18. The summed E-state index contributed by atoms with van der Waals surface area (Å²) >= 11 is 0. The summed E-state index contributed by atoms with van der Waals surface area (Å²) < 4.78 is 5.68. The average Bonchev–Trinajstić information content (AvgIpc) is 2.39.